The van der Waals surface area contributed by atoms with Crippen LogP contribution in [0.15, 0.2) is 55.0 Å². The van der Waals surface area contributed by atoms with E-state index in [1.807, 2.05) is 12.4 Å². The fourth-order valence-corrected chi connectivity index (χ4v) is 6.45. The standard InChI is InChI=1S/C29H39N3/c1-2-3-16-29(31-21-6-7-22-31)17-12-26(13-18-29)32-23-25(27-8-4-5-9-28(27)32)11-10-24-14-19-30-20-15-24/h4-5,8-9,14-15,19-20,23,26H,2-3,6-7,10-13,16-18,21-22H2,1H3. The molecule has 2 aromatic heterocycles. The monoisotopic (exact) mass is 429 g/mol. The maximum atomic E-state index is 4.17. The zero-order valence-electron chi connectivity index (χ0n) is 19.8. The first-order valence-corrected chi connectivity index (χ1v) is 13.0. The third-order valence-corrected chi connectivity index (χ3v) is 8.31. The smallest absolute Gasteiger partial charge is 0.0485 e. The van der Waals surface area contributed by atoms with Gasteiger partial charge in [-0.2, -0.15) is 0 Å². The van der Waals surface area contributed by atoms with Gasteiger partial charge in [-0.3, -0.25) is 9.88 Å². The van der Waals surface area contributed by atoms with Crippen LogP contribution in [0.2, 0.25) is 0 Å². The van der Waals surface area contributed by atoms with Crippen LogP contribution >= 0.6 is 0 Å². The van der Waals surface area contributed by atoms with Crippen LogP contribution < -0.4 is 0 Å². The summed E-state index contributed by atoms with van der Waals surface area (Å²) >= 11 is 0. The first-order valence-electron chi connectivity index (χ1n) is 13.0. The Bertz CT molecular complexity index is 992. The summed E-state index contributed by atoms with van der Waals surface area (Å²) in [7, 11) is 0. The van der Waals surface area contributed by atoms with Crippen molar-refractivity contribution in [2.24, 2.45) is 0 Å². The van der Waals surface area contributed by atoms with Gasteiger partial charge >= 0.3 is 0 Å². The Hall–Kier alpha value is -2.13. The number of hydrogen-bond acceptors (Lipinski definition) is 2. The molecule has 2 aliphatic rings. The molecule has 1 saturated carbocycles. The van der Waals surface area contributed by atoms with Crippen molar-refractivity contribution < 1.29 is 0 Å². The first-order chi connectivity index (χ1) is 15.8. The van der Waals surface area contributed by atoms with Crippen molar-refractivity contribution in [3.8, 4) is 0 Å². The van der Waals surface area contributed by atoms with E-state index in [1.54, 1.807) is 0 Å². The van der Waals surface area contributed by atoms with E-state index in [1.165, 1.54) is 92.9 Å². The van der Waals surface area contributed by atoms with Crippen molar-refractivity contribution in [3.05, 3.63) is 66.1 Å². The molecule has 1 aromatic carbocycles. The van der Waals surface area contributed by atoms with Crippen molar-refractivity contribution in [1.82, 2.24) is 14.5 Å². The predicted octanol–water partition coefficient (Wildman–Crippen LogP) is 6.96. The highest BCUT2D eigenvalue weighted by atomic mass is 15.2. The molecule has 0 bridgehead atoms. The highest BCUT2D eigenvalue weighted by Crippen LogP contribution is 2.44. The highest BCUT2D eigenvalue weighted by Gasteiger charge is 2.41. The van der Waals surface area contributed by atoms with E-state index in [4.69, 9.17) is 0 Å². The Morgan fingerprint density at radius 1 is 0.969 bits per heavy atom. The minimum atomic E-state index is 0.482. The average Bonchev–Trinajstić information content (AvgIpc) is 3.52. The summed E-state index contributed by atoms with van der Waals surface area (Å²) in [6.45, 7) is 5.02. The minimum Gasteiger partial charge on any atom is -0.344 e. The summed E-state index contributed by atoms with van der Waals surface area (Å²) < 4.78 is 2.64. The Kier molecular flexibility index (Phi) is 6.64. The molecule has 2 fully saturated rings. The van der Waals surface area contributed by atoms with Gasteiger partial charge in [0.15, 0.2) is 0 Å². The van der Waals surface area contributed by atoms with Gasteiger partial charge in [-0.05, 0) is 100 Å². The van der Waals surface area contributed by atoms with Crippen molar-refractivity contribution in [2.75, 3.05) is 13.1 Å². The van der Waals surface area contributed by atoms with E-state index in [2.05, 4.69) is 64.0 Å². The number of pyridine rings is 1. The first kappa shape index (κ1) is 21.7. The van der Waals surface area contributed by atoms with Gasteiger partial charge in [0, 0.05) is 41.1 Å². The summed E-state index contributed by atoms with van der Waals surface area (Å²) in [6, 6.07) is 14.0. The van der Waals surface area contributed by atoms with E-state index in [9.17, 15) is 0 Å². The maximum Gasteiger partial charge on any atom is 0.0485 e. The number of hydrogen-bond donors (Lipinski definition) is 0. The molecule has 0 unspecified atom stereocenters. The molecule has 3 nitrogen and oxygen atoms in total. The van der Waals surface area contributed by atoms with E-state index in [0.717, 1.165) is 12.8 Å². The van der Waals surface area contributed by atoms with E-state index in [-0.39, 0.29) is 0 Å². The summed E-state index contributed by atoms with van der Waals surface area (Å²) in [5.41, 5.74) is 4.79. The fourth-order valence-electron chi connectivity index (χ4n) is 6.45. The second-order valence-electron chi connectivity index (χ2n) is 10.2. The Balaban J connectivity index is 1.35. The molecule has 0 radical (unpaired) electrons. The Morgan fingerprint density at radius 2 is 1.72 bits per heavy atom. The van der Waals surface area contributed by atoms with Crippen molar-refractivity contribution in [3.63, 3.8) is 0 Å². The molecule has 1 aliphatic carbocycles. The highest BCUT2D eigenvalue weighted by molar-refractivity contribution is 5.84. The molecule has 1 aliphatic heterocycles. The molecule has 0 N–H and O–H groups in total. The number of fused-ring (bicyclic) bond motifs is 1. The maximum absolute atomic E-state index is 4.17. The zero-order chi connectivity index (χ0) is 21.8. The molecule has 0 spiro atoms. The lowest BCUT2D eigenvalue weighted by atomic mass is 9.75. The number of benzene rings is 1. The molecule has 0 atom stereocenters. The van der Waals surface area contributed by atoms with Gasteiger partial charge in [0.25, 0.3) is 0 Å². The normalized spacial score (nSPS) is 24.3. The molecule has 1 saturated heterocycles. The van der Waals surface area contributed by atoms with Gasteiger partial charge < -0.3 is 4.57 Å². The third-order valence-electron chi connectivity index (χ3n) is 8.31. The number of unbranched alkanes of at least 4 members (excludes halogenated alkanes) is 1. The zero-order valence-corrected chi connectivity index (χ0v) is 19.8. The molecule has 3 aromatic rings. The molecule has 0 amide bonds. The molecule has 5 rings (SSSR count). The van der Waals surface area contributed by atoms with Crippen molar-refractivity contribution >= 4 is 10.9 Å². The van der Waals surface area contributed by atoms with Crippen LogP contribution in [-0.2, 0) is 12.8 Å². The van der Waals surface area contributed by atoms with Crippen LogP contribution in [0.1, 0.15) is 81.9 Å². The third kappa shape index (κ3) is 4.37. The number of aryl methyl sites for hydroxylation is 2. The molecule has 32 heavy (non-hydrogen) atoms. The predicted molar refractivity (Wildman–Crippen MR) is 134 cm³/mol. The van der Waals surface area contributed by atoms with E-state index < -0.39 is 0 Å². The summed E-state index contributed by atoms with van der Waals surface area (Å²) in [5.74, 6) is 0. The SMILES string of the molecule is CCCCC1(N2CCCC2)CCC(n2cc(CCc3ccncc3)c3ccccc32)CC1. The largest absolute Gasteiger partial charge is 0.344 e. The summed E-state index contributed by atoms with van der Waals surface area (Å²) in [5, 5.41) is 1.45. The Labute approximate surface area is 193 Å². The fraction of sp³-hybridized carbons (Fsp3) is 0.552. The lowest BCUT2D eigenvalue weighted by Crippen LogP contribution is -2.49. The second kappa shape index (κ2) is 9.79. The quantitative estimate of drug-likeness (QED) is 0.386. The molecular formula is C29H39N3. The minimum absolute atomic E-state index is 0.482. The van der Waals surface area contributed by atoms with Gasteiger partial charge in [0.2, 0.25) is 0 Å². The number of aromatic nitrogens is 2. The molecule has 3 heterocycles. The molecule has 170 valence electrons. The lowest BCUT2D eigenvalue weighted by Gasteiger charge is -2.47. The Morgan fingerprint density at radius 3 is 2.47 bits per heavy atom. The molecule has 3 heteroatoms. The van der Waals surface area contributed by atoms with Gasteiger partial charge in [0.05, 0.1) is 0 Å². The van der Waals surface area contributed by atoms with Crippen molar-refractivity contribution in [1.29, 1.82) is 0 Å². The number of rotatable bonds is 8. The number of para-hydroxylation sites is 1. The van der Waals surface area contributed by atoms with Gasteiger partial charge in [-0.15, -0.1) is 0 Å². The second-order valence-corrected chi connectivity index (χ2v) is 10.2. The van der Waals surface area contributed by atoms with Crippen LogP contribution in [0, 0.1) is 0 Å². The summed E-state index contributed by atoms with van der Waals surface area (Å²) in [4.78, 5) is 7.05. The van der Waals surface area contributed by atoms with Crippen LogP contribution in [0.4, 0.5) is 0 Å². The summed E-state index contributed by atoms with van der Waals surface area (Å²) in [6.07, 6.45) is 20.8. The van der Waals surface area contributed by atoms with Crippen molar-refractivity contribution in [2.45, 2.75) is 89.1 Å². The van der Waals surface area contributed by atoms with Crippen LogP contribution in [-0.4, -0.2) is 33.1 Å². The van der Waals surface area contributed by atoms with Crippen LogP contribution in [0.3, 0.4) is 0 Å². The topological polar surface area (TPSA) is 21.1 Å². The van der Waals surface area contributed by atoms with Gasteiger partial charge in [-0.25, -0.2) is 0 Å². The number of likely N-dealkylation sites (tertiary alicyclic amines) is 1. The van der Waals surface area contributed by atoms with E-state index in [0.29, 0.717) is 11.6 Å². The lowest BCUT2D eigenvalue weighted by molar-refractivity contribution is 0.0481. The van der Waals surface area contributed by atoms with Gasteiger partial charge in [0.1, 0.15) is 0 Å². The van der Waals surface area contributed by atoms with Crippen LogP contribution in [0.5, 0.6) is 0 Å². The number of nitrogens with zero attached hydrogens (tertiary/aromatic N) is 3. The average molecular weight is 430 g/mol. The van der Waals surface area contributed by atoms with Crippen LogP contribution in [0.25, 0.3) is 10.9 Å². The van der Waals surface area contributed by atoms with E-state index >= 15 is 0 Å². The van der Waals surface area contributed by atoms with Gasteiger partial charge in [-0.1, -0.05) is 38.0 Å². The molecular weight excluding hydrogens is 390 g/mol.